The van der Waals surface area contributed by atoms with Gasteiger partial charge in [-0.25, -0.2) is 5.43 Å². The smallest absolute Gasteiger partial charge is 0.289 e. The number of nitrogens with zero attached hydrogens (tertiary/aromatic N) is 2. The van der Waals surface area contributed by atoms with Crippen LogP contribution in [0.5, 0.6) is 5.75 Å². The average Bonchev–Trinajstić information content (AvgIpc) is 3.44. The maximum atomic E-state index is 12.6. The van der Waals surface area contributed by atoms with E-state index in [4.69, 9.17) is 0 Å². The fourth-order valence-electron chi connectivity index (χ4n) is 4.23. The third-order valence-corrected chi connectivity index (χ3v) is 5.80. The van der Waals surface area contributed by atoms with Crippen molar-refractivity contribution < 1.29 is 9.90 Å². The van der Waals surface area contributed by atoms with Crippen LogP contribution in [0.1, 0.15) is 40.5 Å². The number of hydrogen-bond acceptors (Lipinski definition) is 4. The topological polar surface area (TPSA) is 90.4 Å². The minimum Gasteiger partial charge on any atom is -0.508 e. The van der Waals surface area contributed by atoms with Crippen LogP contribution in [-0.2, 0) is 12.8 Å². The number of benzene rings is 3. The molecule has 31 heavy (non-hydrogen) atoms. The highest BCUT2D eigenvalue weighted by Crippen LogP contribution is 2.36. The molecule has 0 fully saturated rings. The molecule has 1 aliphatic rings. The van der Waals surface area contributed by atoms with E-state index in [9.17, 15) is 9.90 Å². The number of phenolic OH excluding ortho intramolecular Hbond substituents is 1. The van der Waals surface area contributed by atoms with Gasteiger partial charge in [-0.1, -0.05) is 37.3 Å². The Morgan fingerprint density at radius 2 is 1.87 bits per heavy atom. The van der Waals surface area contributed by atoms with Crippen LogP contribution in [0.15, 0.2) is 65.8 Å². The van der Waals surface area contributed by atoms with Crippen LogP contribution >= 0.6 is 0 Å². The number of carbonyl (C=O) groups is 1. The quantitative estimate of drug-likeness (QED) is 0.332. The number of aryl methyl sites for hydroxylation is 2. The first-order valence-electron chi connectivity index (χ1n) is 10.4. The number of nitrogens with one attached hydrogen (secondary N) is 2. The number of amides is 1. The van der Waals surface area contributed by atoms with Crippen LogP contribution in [0.2, 0.25) is 0 Å². The van der Waals surface area contributed by atoms with Crippen LogP contribution in [0.4, 0.5) is 0 Å². The van der Waals surface area contributed by atoms with Gasteiger partial charge in [-0.3, -0.25) is 9.89 Å². The van der Waals surface area contributed by atoms with Gasteiger partial charge in [0.25, 0.3) is 5.91 Å². The molecule has 1 heterocycles. The van der Waals surface area contributed by atoms with Crippen LogP contribution in [0.3, 0.4) is 0 Å². The van der Waals surface area contributed by atoms with Crippen molar-refractivity contribution in [1.29, 1.82) is 0 Å². The Balaban J connectivity index is 1.40. The van der Waals surface area contributed by atoms with Crippen molar-refractivity contribution in [3.63, 3.8) is 0 Å². The van der Waals surface area contributed by atoms with Gasteiger partial charge in [0.1, 0.15) is 11.4 Å². The zero-order valence-corrected chi connectivity index (χ0v) is 17.1. The van der Waals surface area contributed by atoms with E-state index in [1.165, 1.54) is 21.9 Å². The van der Waals surface area contributed by atoms with Crippen LogP contribution < -0.4 is 5.43 Å². The van der Waals surface area contributed by atoms with Crippen LogP contribution in [-0.4, -0.2) is 26.9 Å². The summed E-state index contributed by atoms with van der Waals surface area (Å²) in [7, 11) is 0. The summed E-state index contributed by atoms with van der Waals surface area (Å²) in [4.78, 5) is 12.6. The molecule has 0 saturated carbocycles. The number of aromatic nitrogens is 2. The third kappa shape index (κ3) is 3.46. The highest BCUT2D eigenvalue weighted by molar-refractivity contribution is 6.03. The highest BCUT2D eigenvalue weighted by atomic mass is 16.3. The predicted molar refractivity (Wildman–Crippen MR) is 121 cm³/mol. The molecule has 0 saturated heterocycles. The van der Waals surface area contributed by atoms with Crippen LogP contribution in [0, 0.1) is 0 Å². The molecule has 5 rings (SSSR count). The van der Waals surface area contributed by atoms with Crippen molar-refractivity contribution >= 4 is 22.4 Å². The molecule has 3 aromatic carbocycles. The second-order valence-corrected chi connectivity index (χ2v) is 7.68. The van der Waals surface area contributed by atoms with E-state index in [1.807, 2.05) is 6.92 Å². The van der Waals surface area contributed by atoms with Gasteiger partial charge in [-0.05, 0) is 77.1 Å². The first-order chi connectivity index (χ1) is 15.1. The zero-order valence-electron chi connectivity index (χ0n) is 17.1. The molecule has 0 radical (unpaired) electrons. The molecule has 6 heteroatoms. The Bertz CT molecular complexity index is 1310. The molecule has 1 aliphatic carbocycles. The number of hydrazone groups is 1. The molecule has 3 N–H and O–H groups in total. The lowest BCUT2D eigenvalue weighted by Gasteiger charge is -2.06. The van der Waals surface area contributed by atoms with E-state index >= 15 is 0 Å². The Morgan fingerprint density at radius 3 is 2.65 bits per heavy atom. The van der Waals surface area contributed by atoms with Gasteiger partial charge < -0.3 is 5.11 Å². The van der Waals surface area contributed by atoms with Gasteiger partial charge in [0.2, 0.25) is 0 Å². The van der Waals surface area contributed by atoms with Gasteiger partial charge in [0, 0.05) is 5.56 Å². The van der Waals surface area contributed by atoms with Crippen molar-refractivity contribution in [2.45, 2.75) is 26.2 Å². The van der Waals surface area contributed by atoms with E-state index in [0.717, 1.165) is 35.4 Å². The maximum absolute atomic E-state index is 12.6. The molecular weight excluding hydrogens is 388 g/mol. The lowest BCUT2D eigenvalue weighted by atomic mass is 9.98. The first kappa shape index (κ1) is 19.1. The van der Waals surface area contributed by atoms with Gasteiger partial charge in [0.15, 0.2) is 0 Å². The number of phenols is 1. The van der Waals surface area contributed by atoms with Gasteiger partial charge >= 0.3 is 0 Å². The van der Waals surface area contributed by atoms with Gasteiger partial charge in [-0.15, -0.1) is 0 Å². The Hall–Kier alpha value is -3.93. The zero-order chi connectivity index (χ0) is 21.4. The summed E-state index contributed by atoms with van der Waals surface area (Å²) < 4.78 is 0. The van der Waals surface area contributed by atoms with E-state index < -0.39 is 0 Å². The van der Waals surface area contributed by atoms with Gasteiger partial charge in [0.05, 0.1) is 11.4 Å². The number of carbonyl (C=O) groups excluding carboxylic acids is 1. The number of aromatic amines is 1. The highest BCUT2D eigenvalue weighted by Gasteiger charge is 2.18. The SMILES string of the molecule is CC/C(=N\NC(=O)c1cc(-c2ccc3c4c(cccc24)CC3)n[nH]1)c1ccc(O)cc1. The summed E-state index contributed by atoms with van der Waals surface area (Å²) in [6.45, 7) is 1.96. The molecule has 1 amide bonds. The van der Waals surface area contributed by atoms with Crippen molar-refractivity contribution in [3.8, 4) is 17.0 Å². The Kier molecular flexibility index (Phi) is 4.75. The lowest BCUT2D eigenvalue weighted by molar-refractivity contribution is 0.0950. The molecule has 0 aliphatic heterocycles. The normalized spacial score (nSPS) is 13.0. The molecule has 4 aromatic rings. The van der Waals surface area contributed by atoms with Crippen molar-refractivity contribution in [2.75, 3.05) is 0 Å². The minimum absolute atomic E-state index is 0.191. The van der Waals surface area contributed by atoms with Crippen molar-refractivity contribution in [3.05, 3.63) is 83.0 Å². The van der Waals surface area contributed by atoms with Gasteiger partial charge in [-0.2, -0.15) is 10.2 Å². The molecular formula is C25H22N4O2. The molecule has 0 spiro atoms. The Labute approximate surface area is 179 Å². The number of rotatable bonds is 5. The van der Waals surface area contributed by atoms with E-state index in [0.29, 0.717) is 12.1 Å². The predicted octanol–water partition coefficient (Wildman–Crippen LogP) is 4.58. The molecule has 154 valence electrons. The summed E-state index contributed by atoms with van der Waals surface area (Å²) in [6.07, 6.45) is 2.78. The average molecular weight is 410 g/mol. The molecule has 0 bridgehead atoms. The summed E-state index contributed by atoms with van der Waals surface area (Å²) in [6, 6.07) is 19.1. The summed E-state index contributed by atoms with van der Waals surface area (Å²) >= 11 is 0. The summed E-state index contributed by atoms with van der Waals surface area (Å²) in [5.41, 5.74) is 9.02. The fraction of sp³-hybridized carbons (Fsp3) is 0.160. The van der Waals surface area contributed by atoms with Crippen molar-refractivity contribution in [2.24, 2.45) is 5.10 Å². The first-order valence-corrected chi connectivity index (χ1v) is 10.4. The molecule has 1 aromatic heterocycles. The number of aromatic hydroxyl groups is 1. The third-order valence-electron chi connectivity index (χ3n) is 5.80. The maximum Gasteiger partial charge on any atom is 0.289 e. The van der Waals surface area contributed by atoms with E-state index in [2.05, 4.69) is 51.1 Å². The van der Waals surface area contributed by atoms with E-state index in [1.54, 1.807) is 30.3 Å². The number of hydrogen-bond donors (Lipinski definition) is 3. The number of H-pyrrole nitrogens is 1. The molecule has 0 unspecified atom stereocenters. The van der Waals surface area contributed by atoms with Crippen LogP contribution in [0.25, 0.3) is 22.0 Å². The standard InChI is InChI=1S/C25H22N4O2/c1-2-21(15-8-11-18(30)12-9-15)26-29-25(31)23-14-22(27-28-23)19-13-10-17-7-6-16-4-3-5-20(19)24(16)17/h3-5,8-14,30H,2,6-7H2,1H3,(H,27,28)(H,29,31)/b26-21+. The second-order valence-electron chi connectivity index (χ2n) is 7.68. The van der Waals surface area contributed by atoms with Crippen molar-refractivity contribution in [1.82, 2.24) is 15.6 Å². The minimum atomic E-state index is -0.352. The molecule has 0 atom stereocenters. The fourth-order valence-corrected chi connectivity index (χ4v) is 4.23. The monoisotopic (exact) mass is 410 g/mol. The Morgan fingerprint density at radius 1 is 1.10 bits per heavy atom. The second kappa shape index (κ2) is 7.72. The molecule has 6 nitrogen and oxygen atoms in total. The summed E-state index contributed by atoms with van der Waals surface area (Å²) in [5.74, 6) is -0.161. The summed E-state index contributed by atoms with van der Waals surface area (Å²) in [5, 5.41) is 23.4. The lowest BCUT2D eigenvalue weighted by Crippen LogP contribution is -2.20. The largest absolute Gasteiger partial charge is 0.508 e. The van der Waals surface area contributed by atoms with E-state index in [-0.39, 0.29) is 11.7 Å².